The Kier molecular flexibility index (Phi) is 5.81. The van der Waals surface area contributed by atoms with E-state index in [1.165, 1.54) is 11.8 Å². The lowest BCUT2D eigenvalue weighted by Gasteiger charge is -2.31. The van der Waals surface area contributed by atoms with Gasteiger partial charge in [0.05, 0.1) is 24.1 Å². The second-order valence-electron chi connectivity index (χ2n) is 7.60. The van der Waals surface area contributed by atoms with Gasteiger partial charge in [0.1, 0.15) is 5.75 Å². The molecule has 0 radical (unpaired) electrons. The van der Waals surface area contributed by atoms with Crippen LogP contribution in [0.1, 0.15) is 54.6 Å². The first kappa shape index (κ1) is 19.8. The van der Waals surface area contributed by atoms with Gasteiger partial charge in [0.2, 0.25) is 5.91 Å². The van der Waals surface area contributed by atoms with Crippen molar-refractivity contribution in [2.75, 3.05) is 19.0 Å². The van der Waals surface area contributed by atoms with Gasteiger partial charge in [-0.2, -0.15) is 0 Å². The summed E-state index contributed by atoms with van der Waals surface area (Å²) in [6, 6.07) is 13.7. The maximum absolute atomic E-state index is 13.5. The van der Waals surface area contributed by atoms with Crippen LogP contribution in [-0.2, 0) is 4.79 Å². The van der Waals surface area contributed by atoms with Gasteiger partial charge in [-0.3, -0.25) is 9.59 Å². The van der Waals surface area contributed by atoms with Crippen LogP contribution in [0.5, 0.6) is 5.75 Å². The smallest absolute Gasteiger partial charge is 0.254 e. The highest BCUT2D eigenvalue weighted by atomic mass is 32.2. The first-order chi connectivity index (χ1) is 14.1. The van der Waals surface area contributed by atoms with E-state index < -0.39 is 0 Å². The van der Waals surface area contributed by atoms with Crippen molar-refractivity contribution in [1.82, 2.24) is 4.90 Å². The molecule has 2 aromatic rings. The second kappa shape index (κ2) is 8.49. The van der Waals surface area contributed by atoms with Crippen molar-refractivity contribution < 1.29 is 14.3 Å². The predicted molar refractivity (Wildman–Crippen MR) is 116 cm³/mol. The lowest BCUT2D eigenvalue weighted by Crippen LogP contribution is -2.35. The lowest BCUT2D eigenvalue weighted by atomic mass is 9.99. The van der Waals surface area contributed by atoms with Crippen molar-refractivity contribution in [2.45, 2.75) is 48.8 Å². The van der Waals surface area contributed by atoms with E-state index in [1.807, 2.05) is 42.2 Å². The summed E-state index contributed by atoms with van der Waals surface area (Å²) in [7, 11) is 1.66. The van der Waals surface area contributed by atoms with Gasteiger partial charge in [0.25, 0.3) is 5.91 Å². The maximum Gasteiger partial charge on any atom is 0.254 e. The van der Waals surface area contributed by atoms with Crippen molar-refractivity contribution in [1.29, 1.82) is 0 Å². The van der Waals surface area contributed by atoms with Gasteiger partial charge >= 0.3 is 0 Å². The number of amides is 2. The Hall–Kier alpha value is -2.47. The number of fused-ring (bicyclic) bond motifs is 1. The van der Waals surface area contributed by atoms with Crippen LogP contribution < -0.4 is 10.1 Å². The number of likely N-dealkylation sites (tertiary alicyclic amines) is 1. The molecule has 152 valence electrons. The highest BCUT2D eigenvalue weighted by Crippen LogP contribution is 2.37. The molecule has 0 aromatic heterocycles. The van der Waals surface area contributed by atoms with Crippen LogP contribution in [0.2, 0.25) is 0 Å². The molecule has 1 fully saturated rings. The lowest BCUT2D eigenvalue weighted by molar-refractivity contribution is -0.115. The fourth-order valence-electron chi connectivity index (χ4n) is 4.03. The Morgan fingerprint density at radius 2 is 1.93 bits per heavy atom. The summed E-state index contributed by atoms with van der Waals surface area (Å²) < 4.78 is 5.28. The number of anilines is 1. The summed E-state index contributed by atoms with van der Waals surface area (Å²) >= 11 is 1.53. The van der Waals surface area contributed by atoms with E-state index in [-0.39, 0.29) is 23.1 Å². The normalized spacial score (nSPS) is 21.7. The van der Waals surface area contributed by atoms with Crippen LogP contribution >= 0.6 is 11.8 Å². The van der Waals surface area contributed by atoms with Gasteiger partial charge in [-0.1, -0.05) is 25.0 Å². The quantitative estimate of drug-likeness (QED) is 0.783. The minimum absolute atomic E-state index is 0.0158. The van der Waals surface area contributed by atoms with Crippen molar-refractivity contribution in [3.63, 3.8) is 0 Å². The zero-order valence-electron chi connectivity index (χ0n) is 16.8. The van der Waals surface area contributed by atoms with Crippen LogP contribution in [0, 0.1) is 0 Å². The molecule has 0 spiro atoms. The molecular formula is C23H26N2O3S. The molecule has 0 saturated carbocycles. The molecular weight excluding hydrogens is 384 g/mol. The van der Waals surface area contributed by atoms with E-state index in [4.69, 9.17) is 4.74 Å². The molecule has 2 aromatic carbocycles. The summed E-state index contributed by atoms with van der Waals surface area (Å²) in [4.78, 5) is 28.5. The van der Waals surface area contributed by atoms with Gasteiger partial charge in [-0.15, -0.1) is 11.8 Å². The van der Waals surface area contributed by atoms with E-state index in [2.05, 4.69) is 17.4 Å². The number of carbonyl (C=O) groups excluding carboxylic acids is 2. The third-order valence-electron chi connectivity index (χ3n) is 5.67. The fraction of sp³-hybridized carbons (Fsp3) is 0.391. The molecule has 0 aliphatic carbocycles. The number of rotatable bonds is 3. The first-order valence-electron chi connectivity index (χ1n) is 10.1. The van der Waals surface area contributed by atoms with Gasteiger partial charge in [0, 0.05) is 17.0 Å². The average molecular weight is 411 g/mol. The van der Waals surface area contributed by atoms with Crippen molar-refractivity contribution in [3.8, 4) is 5.75 Å². The average Bonchev–Trinajstić information content (AvgIpc) is 3.00. The summed E-state index contributed by atoms with van der Waals surface area (Å²) in [6.45, 7) is 2.63. The van der Waals surface area contributed by atoms with E-state index in [1.54, 1.807) is 7.11 Å². The van der Waals surface area contributed by atoms with Crippen molar-refractivity contribution >= 4 is 29.3 Å². The standard InChI is InChI=1S/C23H26N2O3S/c1-15-22(26)24-19-14-17(9-12-21(19)29-15)23(27)25-13-5-3-4-6-20(25)16-7-10-18(28-2)11-8-16/h7-12,14-15,20H,3-6,13H2,1-2H3,(H,24,26)/t15-,20+/m1/s1. The molecule has 0 unspecified atom stereocenters. The molecule has 1 saturated heterocycles. The SMILES string of the molecule is COc1ccc([C@@H]2CCCCCN2C(=O)c2ccc3c(c2)NC(=O)[C@@H](C)S3)cc1. The fourth-order valence-corrected chi connectivity index (χ4v) is 4.96. The van der Waals surface area contributed by atoms with E-state index >= 15 is 0 Å². The van der Waals surface area contributed by atoms with Crippen LogP contribution in [0.4, 0.5) is 5.69 Å². The molecule has 5 nitrogen and oxygen atoms in total. The summed E-state index contributed by atoms with van der Waals surface area (Å²) in [6.07, 6.45) is 4.20. The van der Waals surface area contributed by atoms with Gasteiger partial charge in [-0.05, 0) is 55.7 Å². The Labute approximate surface area is 175 Å². The highest BCUT2D eigenvalue weighted by Gasteiger charge is 2.29. The molecule has 29 heavy (non-hydrogen) atoms. The molecule has 6 heteroatoms. The van der Waals surface area contributed by atoms with Crippen LogP contribution in [0.3, 0.4) is 0 Å². The first-order valence-corrected chi connectivity index (χ1v) is 11.0. The monoisotopic (exact) mass is 410 g/mol. The molecule has 2 aliphatic rings. The second-order valence-corrected chi connectivity index (χ2v) is 8.98. The Morgan fingerprint density at radius 1 is 1.14 bits per heavy atom. The number of thioether (sulfide) groups is 1. The number of nitrogens with zero attached hydrogens (tertiary/aromatic N) is 1. The Balaban J connectivity index is 1.62. The van der Waals surface area contributed by atoms with E-state index in [9.17, 15) is 9.59 Å². The van der Waals surface area contributed by atoms with Gasteiger partial charge in [-0.25, -0.2) is 0 Å². The summed E-state index contributed by atoms with van der Waals surface area (Å²) in [5.41, 5.74) is 2.50. The van der Waals surface area contributed by atoms with Gasteiger partial charge in [0.15, 0.2) is 0 Å². The minimum Gasteiger partial charge on any atom is -0.497 e. The van der Waals surface area contributed by atoms with Crippen LogP contribution in [0.15, 0.2) is 47.4 Å². The van der Waals surface area contributed by atoms with Crippen molar-refractivity contribution in [3.05, 3.63) is 53.6 Å². The molecule has 2 heterocycles. The summed E-state index contributed by atoms with van der Waals surface area (Å²) in [5.74, 6) is 0.823. The Bertz CT molecular complexity index is 913. The molecule has 1 N–H and O–H groups in total. The summed E-state index contributed by atoms with van der Waals surface area (Å²) in [5, 5.41) is 2.81. The van der Waals surface area contributed by atoms with Crippen LogP contribution in [-0.4, -0.2) is 35.6 Å². The number of ether oxygens (including phenoxy) is 1. The van der Waals surface area contributed by atoms with E-state index in [0.717, 1.165) is 54.1 Å². The number of nitrogens with one attached hydrogen (secondary N) is 1. The largest absolute Gasteiger partial charge is 0.497 e. The third kappa shape index (κ3) is 4.13. The zero-order chi connectivity index (χ0) is 20.4. The Morgan fingerprint density at radius 3 is 2.69 bits per heavy atom. The zero-order valence-corrected chi connectivity index (χ0v) is 17.6. The third-order valence-corrected chi connectivity index (χ3v) is 6.85. The predicted octanol–water partition coefficient (Wildman–Crippen LogP) is 4.89. The number of hydrogen-bond donors (Lipinski definition) is 1. The molecule has 4 rings (SSSR count). The molecule has 0 bridgehead atoms. The van der Waals surface area contributed by atoms with Crippen molar-refractivity contribution in [2.24, 2.45) is 0 Å². The van der Waals surface area contributed by atoms with Crippen LogP contribution in [0.25, 0.3) is 0 Å². The van der Waals surface area contributed by atoms with Gasteiger partial charge < -0.3 is 15.0 Å². The number of benzene rings is 2. The molecule has 2 aliphatic heterocycles. The highest BCUT2D eigenvalue weighted by molar-refractivity contribution is 8.00. The number of methoxy groups -OCH3 is 1. The topological polar surface area (TPSA) is 58.6 Å². The molecule has 2 amide bonds. The minimum atomic E-state index is -0.117. The maximum atomic E-state index is 13.5. The van der Waals surface area contributed by atoms with E-state index in [0.29, 0.717) is 5.56 Å². The molecule has 2 atom stereocenters. The number of carbonyl (C=O) groups is 2. The number of hydrogen-bond acceptors (Lipinski definition) is 4.